The van der Waals surface area contributed by atoms with E-state index in [0.29, 0.717) is 19.2 Å². The number of benzene rings is 2. The predicted molar refractivity (Wildman–Crippen MR) is 112 cm³/mol. The standard InChI is InChI=1S/C24H28N2O2/c1-17-10-11-22-21(14-17)20-8-5-9-23-24(20)26(22)13-12-25(23)15-18(27)16-28-19-6-3-2-4-7-19/h2-4,6-7,10-11,14,18,23,27H,5,8-9,12-13,15-16H2,1H3/t18-,23-/m1/s1. The number of hydrogen-bond donors (Lipinski definition) is 1. The Kier molecular flexibility index (Phi) is 4.61. The van der Waals surface area contributed by atoms with Crippen molar-refractivity contribution in [1.29, 1.82) is 0 Å². The molecule has 0 spiro atoms. The van der Waals surface area contributed by atoms with Gasteiger partial charge in [-0.25, -0.2) is 0 Å². The van der Waals surface area contributed by atoms with Crippen molar-refractivity contribution in [2.75, 3.05) is 19.7 Å². The molecule has 1 N–H and O–H groups in total. The van der Waals surface area contributed by atoms with Gasteiger partial charge >= 0.3 is 0 Å². The molecule has 2 atom stereocenters. The van der Waals surface area contributed by atoms with Crippen LogP contribution in [-0.4, -0.2) is 40.4 Å². The number of rotatable bonds is 5. The van der Waals surface area contributed by atoms with Crippen molar-refractivity contribution in [2.24, 2.45) is 0 Å². The molecule has 0 bridgehead atoms. The van der Waals surface area contributed by atoms with Crippen molar-refractivity contribution >= 4 is 10.9 Å². The zero-order valence-corrected chi connectivity index (χ0v) is 16.5. The highest BCUT2D eigenvalue weighted by Gasteiger charge is 2.35. The lowest BCUT2D eigenvalue weighted by Crippen LogP contribution is -2.44. The molecule has 0 saturated carbocycles. The smallest absolute Gasteiger partial charge is 0.119 e. The Hall–Kier alpha value is -2.30. The van der Waals surface area contributed by atoms with Crippen LogP contribution in [0.2, 0.25) is 0 Å². The maximum absolute atomic E-state index is 10.6. The van der Waals surface area contributed by atoms with Crippen molar-refractivity contribution < 1.29 is 9.84 Å². The lowest BCUT2D eigenvalue weighted by atomic mass is 9.89. The van der Waals surface area contributed by atoms with Crippen molar-refractivity contribution in [3.05, 3.63) is 65.4 Å². The Bertz CT molecular complexity index is 979. The third-order valence-corrected chi connectivity index (χ3v) is 6.27. The van der Waals surface area contributed by atoms with Gasteiger partial charge in [-0.1, -0.05) is 29.8 Å². The van der Waals surface area contributed by atoms with Gasteiger partial charge in [0.05, 0.1) is 6.04 Å². The molecule has 0 fully saturated rings. The van der Waals surface area contributed by atoms with Crippen molar-refractivity contribution in [3.8, 4) is 5.75 Å². The zero-order chi connectivity index (χ0) is 19.1. The van der Waals surface area contributed by atoms with Gasteiger partial charge < -0.3 is 14.4 Å². The number of hydrogen-bond acceptors (Lipinski definition) is 3. The van der Waals surface area contributed by atoms with E-state index in [1.165, 1.54) is 47.0 Å². The SMILES string of the molecule is Cc1ccc2c(c1)c1c3n2CCN(C[C@@H](O)COc2ccccc2)[C@@H]3CCC1. The third-order valence-electron chi connectivity index (χ3n) is 6.27. The van der Waals surface area contributed by atoms with Crippen LogP contribution in [0, 0.1) is 6.92 Å². The van der Waals surface area contributed by atoms with Gasteiger partial charge in [-0.2, -0.15) is 0 Å². The maximum atomic E-state index is 10.6. The first kappa shape index (κ1) is 17.8. The molecule has 2 heterocycles. The summed E-state index contributed by atoms with van der Waals surface area (Å²) in [5, 5.41) is 12.1. The summed E-state index contributed by atoms with van der Waals surface area (Å²) < 4.78 is 8.30. The van der Waals surface area contributed by atoms with E-state index >= 15 is 0 Å². The average molecular weight is 377 g/mol. The molecule has 5 rings (SSSR count). The Morgan fingerprint density at radius 2 is 2.00 bits per heavy atom. The minimum absolute atomic E-state index is 0.336. The van der Waals surface area contributed by atoms with Gasteiger partial charge in [0, 0.05) is 36.2 Å². The first-order valence-corrected chi connectivity index (χ1v) is 10.4. The first-order valence-electron chi connectivity index (χ1n) is 10.4. The highest BCUT2D eigenvalue weighted by atomic mass is 16.5. The van der Waals surface area contributed by atoms with Crippen LogP contribution in [0.3, 0.4) is 0 Å². The van der Waals surface area contributed by atoms with E-state index in [0.717, 1.165) is 18.8 Å². The number of fused-ring (bicyclic) bond motifs is 3. The van der Waals surface area contributed by atoms with E-state index in [2.05, 4.69) is 34.6 Å². The fourth-order valence-electron chi connectivity index (χ4n) is 5.04. The van der Waals surface area contributed by atoms with Gasteiger partial charge in [-0.15, -0.1) is 0 Å². The summed E-state index contributed by atoms with van der Waals surface area (Å²) >= 11 is 0. The van der Waals surface area contributed by atoms with Crippen LogP contribution in [0.25, 0.3) is 10.9 Å². The van der Waals surface area contributed by atoms with E-state index in [1.807, 2.05) is 30.3 Å². The topological polar surface area (TPSA) is 37.6 Å². The van der Waals surface area contributed by atoms with Crippen LogP contribution in [0.15, 0.2) is 48.5 Å². The van der Waals surface area contributed by atoms with E-state index < -0.39 is 6.10 Å². The fraction of sp³-hybridized carbons (Fsp3) is 0.417. The number of para-hydroxylation sites is 1. The van der Waals surface area contributed by atoms with Crippen LogP contribution in [0.5, 0.6) is 5.75 Å². The Morgan fingerprint density at radius 1 is 1.14 bits per heavy atom. The van der Waals surface area contributed by atoms with E-state index in [4.69, 9.17) is 4.74 Å². The van der Waals surface area contributed by atoms with Crippen LogP contribution in [0.1, 0.15) is 35.7 Å². The van der Waals surface area contributed by atoms with Gasteiger partial charge in [0.2, 0.25) is 0 Å². The summed E-state index contributed by atoms with van der Waals surface area (Å²) in [6.45, 7) is 5.16. The number of β-amino-alcohol motifs (C(OH)–C–C–N with tert-alkyl or cyclic N) is 1. The predicted octanol–water partition coefficient (Wildman–Crippen LogP) is 4.08. The van der Waals surface area contributed by atoms with Crippen molar-refractivity contribution in [3.63, 3.8) is 0 Å². The summed E-state index contributed by atoms with van der Waals surface area (Å²) in [7, 11) is 0. The second-order valence-corrected chi connectivity index (χ2v) is 8.22. The fourth-order valence-corrected chi connectivity index (χ4v) is 5.04. The summed E-state index contributed by atoms with van der Waals surface area (Å²) in [4.78, 5) is 2.47. The number of aliphatic hydroxyl groups is 1. The molecule has 1 aliphatic carbocycles. The van der Waals surface area contributed by atoms with E-state index in [1.54, 1.807) is 0 Å². The number of aryl methyl sites for hydroxylation is 2. The summed E-state index contributed by atoms with van der Waals surface area (Å²) in [6.07, 6.45) is 3.09. The molecule has 1 aliphatic heterocycles. The molecule has 0 radical (unpaired) electrons. The summed E-state index contributed by atoms with van der Waals surface area (Å²) in [6, 6.07) is 17.0. The number of aromatic nitrogens is 1. The molecule has 4 heteroatoms. The molecule has 1 aromatic heterocycles. The molecule has 0 amide bonds. The van der Waals surface area contributed by atoms with Crippen molar-refractivity contribution in [1.82, 2.24) is 9.47 Å². The minimum atomic E-state index is -0.483. The van der Waals surface area contributed by atoms with Gasteiger partial charge in [0.15, 0.2) is 0 Å². The number of aliphatic hydroxyl groups excluding tert-OH is 1. The third kappa shape index (κ3) is 3.11. The molecular formula is C24H28N2O2. The van der Waals surface area contributed by atoms with Crippen LogP contribution >= 0.6 is 0 Å². The molecule has 2 aromatic carbocycles. The van der Waals surface area contributed by atoms with Crippen LogP contribution < -0.4 is 4.74 Å². The zero-order valence-electron chi connectivity index (χ0n) is 16.5. The van der Waals surface area contributed by atoms with E-state index in [-0.39, 0.29) is 0 Å². The van der Waals surface area contributed by atoms with Crippen LogP contribution in [-0.2, 0) is 13.0 Å². The molecule has 0 saturated heterocycles. The summed E-state index contributed by atoms with van der Waals surface area (Å²) in [5.74, 6) is 0.815. The minimum Gasteiger partial charge on any atom is -0.491 e. The Labute approximate surface area is 166 Å². The highest BCUT2D eigenvalue weighted by Crippen LogP contribution is 2.42. The molecular weight excluding hydrogens is 348 g/mol. The average Bonchev–Trinajstić information content (AvgIpc) is 3.04. The monoisotopic (exact) mass is 376 g/mol. The van der Waals surface area contributed by atoms with Gasteiger partial charge in [0.1, 0.15) is 18.5 Å². The van der Waals surface area contributed by atoms with Gasteiger partial charge in [-0.3, -0.25) is 4.90 Å². The lowest BCUT2D eigenvalue weighted by Gasteiger charge is -2.40. The van der Waals surface area contributed by atoms with E-state index in [9.17, 15) is 5.11 Å². The maximum Gasteiger partial charge on any atom is 0.119 e. The first-order chi connectivity index (χ1) is 13.7. The quantitative estimate of drug-likeness (QED) is 0.729. The van der Waals surface area contributed by atoms with Gasteiger partial charge in [0.25, 0.3) is 0 Å². The molecule has 28 heavy (non-hydrogen) atoms. The molecule has 146 valence electrons. The summed E-state index contributed by atoms with van der Waals surface area (Å²) in [5.41, 5.74) is 5.75. The lowest BCUT2D eigenvalue weighted by molar-refractivity contribution is 0.0375. The highest BCUT2D eigenvalue weighted by molar-refractivity contribution is 5.87. The van der Waals surface area contributed by atoms with Crippen LogP contribution in [0.4, 0.5) is 0 Å². The Morgan fingerprint density at radius 3 is 2.86 bits per heavy atom. The normalized spacial score (nSPS) is 20.1. The largest absolute Gasteiger partial charge is 0.491 e. The second-order valence-electron chi connectivity index (χ2n) is 8.22. The number of nitrogens with zero attached hydrogens (tertiary/aromatic N) is 2. The molecule has 3 aromatic rings. The second kappa shape index (κ2) is 7.26. The van der Waals surface area contributed by atoms with Gasteiger partial charge in [-0.05, 0) is 56.0 Å². The molecule has 4 nitrogen and oxygen atoms in total. The Balaban J connectivity index is 1.36. The number of ether oxygens (including phenoxy) is 1. The van der Waals surface area contributed by atoms with Crippen molar-refractivity contribution in [2.45, 2.75) is 44.9 Å². The molecule has 0 unspecified atom stereocenters. The molecule has 2 aliphatic rings.